The lowest BCUT2D eigenvalue weighted by Gasteiger charge is -2.14. The molecule has 0 spiro atoms. The molecule has 20 heavy (non-hydrogen) atoms. The second-order valence-corrected chi connectivity index (χ2v) is 4.55. The molecule has 98 valence electrons. The summed E-state index contributed by atoms with van der Waals surface area (Å²) in [7, 11) is 0. The van der Waals surface area contributed by atoms with Gasteiger partial charge in [-0.15, -0.1) is 0 Å². The van der Waals surface area contributed by atoms with Crippen LogP contribution in [0.15, 0.2) is 34.3 Å². The minimum atomic E-state index is 0.749. The zero-order valence-electron chi connectivity index (χ0n) is 11.1. The Hall–Kier alpha value is -2.72. The minimum Gasteiger partial charge on any atom is -0.284 e. The molecule has 0 aliphatic carbocycles. The van der Waals surface area contributed by atoms with Crippen molar-refractivity contribution in [1.82, 2.24) is 9.80 Å². The van der Waals surface area contributed by atoms with Crippen molar-refractivity contribution < 1.29 is 0 Å². The molecule has 0 amide bonds. The third-order valence-corrected chi connectivity index (χ3v) is 3.39. The number of amidine groups is 2. The third-order valence-electron chi connectivity index (χ3n) is 3.39. The Labute approximate surface area is 118 Å². The summed E-state index contributed by atoms with van der Waals surface area (Å²) in [5.74, 6) is 1.72. The second-order valence-electron chi connectivity index (χ2n) is 4.55. The summed E-state index contributed by atoms with van der Waals surface area (Å²) >= 11 is 0. The molecule has 2 heterocycles. The van der Waals surface area contributed by atoms with E-state index in [0.717, 1.165) is 49.0 Å². The molecule has 4 heteroatoms. The summed E-state index contributed by atoms with van der Waals surface area (Å²) in [6, 6.07) is 13.3. The van der Waals surface area contributed by atoms with Gasteiger partial charge in [0.1, 0.15) is 11.7 Å². The highest BCUT2D eigenvalue weighted by molar-refractivity contribution is 6.04. The van der Waals surface area contributed by atoms with E-state index in [9.17, 15) is 0 Å². The number of hydrogen-bond donors (Lipinski definition) is 0. The largest absolute Gasteiger partial charge is 0.284 e. The van der Waals surface area contributed by atoms with Crippen LogP contribution in [0.2, 0.25) is 0 Å². The van der Waals surface area contributed by atoms with Crippen molar-refractivity contribution in [2.45, 2.75) is 0 Å². The molecule has 0 bridgehead atoms. The highest BCUT2D eigenvalue weighted by Crippen LogP contribution is 2.15. The van der Waals surface area contributed by atoms with Gasteiger partial charge in [-0.25, -0.2) is 0 Å². The van der Waals surface area contributed by atoms with Crippen molar-refractivity contribution in [3.8, 4) is 24.9 Å². The molecule has 1 aromatic carbocycles. The summed E-state index contributed by atoms with van der Waals surface area (Å²) in [6.07, 6.45) is 10.9. The molecule has 0 atom stereocenters. The number of rotatable bonds is 2. The van der Waals surface area contributed by atoms with Crippen molar-refractivity contribution in [2.24, 2.45) is 9.98 Å². The van der Waals surface area contributed by atoms with Gasteiger partial charge in [-0.05, 0) is 0 Å². The summed E-state index contributed by atoms with van der Waals surface area (Å²) in [5.41, 5.74) is 2.05. The molecule has 0 unspecified atom stereocenters. The fourth-order valence-electron chi connectivity index (χ4n) is 2.41. The third kappa shape index (κ3) is 2.02. The summed E-state index contributed by atoms with van der Waals surface area (Å²) in [5, 5.41) is 0. The van der Waals surface area contributed by atoms with Crippen LogP contribution in [-0.4, -0.2) is 47.7 Å². The maximum absolute atomic E-state index is 5.47. The molecule has 4 nitrogen and oxygen atoms in total. The molecule has 2 aliphatic rings. The Kier molecular flexibility index (Phi) is 3.15. The van der Waals surface area contributed by atoms with Gasteiger partial charge in [0.15, 0.2) is 0 Å². The van der Waals surface area contributed by atoms with E-state index in [4.69, 9.17) is 12.8 Å². The quantitative estimate of drug-likeness (QED) is 0.744. The van der Waals surface area contributed by atoms with Gasteiger partial charge in [0, 0.05) is 23.2 Å². The lowest BCUT2D eigenvalue weighted by Crippen LogP contribution is -2.24. The van der Waals surface area contributed by atoms with Crippen LogP contribution in [0, 0.1) is 24.9 Å². The van der Waals surface area contributed by atoms with Gasteiger partial charge in [-0.3, -0.25) is 19.8 Å². The van der Waals surface area contributed by atoms with Crippen LogP contribution in [0.4, 0.5) is 0 Å². The summed E-state index contributed by atoms with van der Waals surface area (Å²) < 4.78 is 0. The Morgan fingerprint density at radius 3 is 1.55 bits per heavy atom. The highest BCUT2D eigenvalue weighted by Gasteiger charge is 2.19. The van der Waals surface area contributed by atoms with Crippen molar-refractivity contribution in [1.29, 1.82) is 0 Å². The maximum Gasteiger partial charge on any atom is 0.142 e. The van der Waals surface area contributed by atoms with Crippen LogP contribution in [0.3, 0.4) is 0 Å². The number of aliphatic imine (C=N–C) groups is 2. The number of terminal acetylenes is 2. The Bertz CT molecular complexity index is 596. The minimum absolute atomic E-state index is 0.749. The molecule has 0 fully saturated rings. The zero-order chi connectivity index (χ0) is 13.9. The number of nitrogens with zero attached hydrogens (tertiary/aromatic N) is 4. The maximum atomic E-state index is 5.47. The standard InChI is InChI=1S/C16H14N4/c1-3-19-11-9-17-15(19)13-5-7-14(8-6-13)16-18-10-12-20(16)4-2/h1-2,5-8H,9-12H2. The lowest BCUT2D eigenvalue weighted by atomic mass is 10.1. The smallest absolute Gasteiger partial charge is 0.142 e. The van der Waals surface area contributed by atoms with Gasteiger partial charge in [0.05, 0.1) is 26.2 Å². The lowest BCUT2D eigenvalue weighted by molar-refractivity contribution is 0.643. The molecular weight excluding hydrogens is 248 g/mol. The second kappa shape index (κ2) is 5.11. The number of benzene rings is 1. The SMILES string of the molecule is C#CN1CCN=C1c1ccc(C2=NCCN2C#C)cc1. The van der Waals surface area contributed by atoms with Crippen LogP contribution in [0.25, 0.3) is 0 Å². The van der Waals surface area contributed by atoms with Crippen molar-refractivity contribution in [3.63, 3.8) is 0 Å². The monoisotopic (exact) mass is 262 g/mol. The molecule has 0 aromatic heterocycles. The zero-order valence-corrected chi connectivity index (χ0v) is 11.1. The van der Waals surface area contributed by atoms with E-state index < -0.39 is 0 Å². The Balaban J connectivity index is 1.86. The first kappa shape index (κ1) is 12.3. The first-order chi connectivity index (χ1) is 9.83. The van der Waals surface area contributed by atoms with Crippen LogP contribution >= 0.6 is 0 Å². The van der Waals surface area contributed by atoms with Gasteiger partial charge >= 0.3 is 0 Å². The predicted molar refractivity (Wildman–Crippen MR) is 80.3 cm³/mol. The van der Waals surface area contributed by atoms with E-state index in [1.54, 1.807) is 0 Å². The first-order valence-electron chi connectivity index (χ1n) is 6.51. The Morgan fingerprint density at radius 2 is 1.20 bits per heavy atom. The van der Waals surface area contributed by atoms with Crippen LogP contribution in [0.1, 0.15) is 11.1 Å². The van der Waals surface area contributed by atoms with Crippen LogP contribution in [0.5, 0.6) is 0 Å². The van der Waals surface area contributed by atoms with Crippen LogP contribution in [-0.2, 0) is 0 Å². The van der Waals surface area contributed by atoms with Crippen LogP contribution < -0.4 is 0 Å². The molecule has 2 aliphatic heterocycles. The fourth-order valence-corrected chi connectivity index (χ4v) is 2.41. The predicted octanol–water partition coefficient (Wildman–Crippen LogP) is 0.992. The van der Waals surface area contributed by atoms with E-state index in [1.807, 2.05) is 34.1 Å². The Morgan fingerprint density at radius 1 is 0.800 bits per heavy atom. The summed E-state index contributed by atoms with van der Waals surface area (Å²) in [6.45, 7) is 3.06. The molecular formula is C16H14N4. The number of hydrogen-bond acceptors (Lipinski definition) is 4. The highest BCUT2D eigenvalue weighted by atomic mass is 15.2. The normalized spacial score (nSPS) is 17.5. The average molecular weight is 262 g/mol. The van der Waals surface area contributed by atoms with E-state index in [1.165, 1.54) is 0 Å². The summed E-state index contributed by atoms with van der Waals surface area (Å²) in [4.78, 5) is 12.5. The molecule has 3 rings (SSSR count). The topological polar surface area (TPSA) is 31.2 Å². The van der Waals surface area contributed by atoms with E-state index in [2.05, 4.69) is 22.1 Å². The van der Waals surface area contributed by atoms with Gasteiger partial charge in [0.2, 0.25) is 0 Å². The molecule has 1 aromatic rings. The molecule has 0 radical (unpaired) electrons. The molecule has 0 saturated heterocycles. The molecule has 0 saturated carbocycles. The van der Waals surface area contributed by atoms with E-state index >= 15 is 0 Å². The van der Waals surface area contributed by atoms with Gasteiger partial charge < -0.3 is 0 Å². The van der Waals surface area contributed by atoms with E-state index in [-0.39, 0.29) is 0 Å². The van der Waals surface area contributed by atoms with E-state index in [0.29, 0.717) is 0 Å². The fraction of sp³-hybridized carbons (Fsp3) is 0.250. The molecule has 0 N–H and O–H groups in total. The van der Waals surface area contributed by atoms with Gasteiger partial charge in [-0.2, -0.15) is 0 Å². The van der Waals surface area contributed by atoms with Gasteiger partial charge in [-0.1, -0.05) is 37.1 Å². The van der Waals surface area contributed by atoms with Crippen molar-refractivity contribution in [3.05, 3.63) is 35.4 Å². The first-order valence-corrected chi connectivity index (χ1v) is 6.51. The van der Waals surface area contributed by atoms with Crippen molar-refractivity contribution in [2.75, 3.05) is 26.2 Å². The average Bonchev–Trinajstić information content (AvgIpc) is 3.15. The van der Waals surface area contributed by atoms with Gasteiger partial charge in [0.25, 0.3) is 0 Å². The van der Waals surface area contributed by atoms with Crippen molar-refractivity contribution >= 4 is 11.7 Å².